The monoisotopic (exact) mass is 357 g/mol. The van der Waals surface area contributed by atoms with E-state index >= 15 is 0 Å². The van der Waals surface area contributed by atoms with Crippen LogP contribution in [0.1, 0.15) is 20.3 Å². The molecular weight excluding hydrogens is 330 g/mol. The zero-order valence-corrected chi connectivity index (χ0v) is 16.3. The Labute approximate surface area is 155 Å². The molecule has 25 heavy (non-hydrogen) atoms. The minimum atomic E-state index is -0.658. The van der Waals surface area contributed by atoms with Gasteiger partial charge in [-0.15, -0.1) is 0 Å². The van der Waals surface area contributed by atoms with Gasteiger partial charge in [0.1, 0.15) is 5.84 Å². The van der Waals surface area contributed by atoms with Crippen LogP contribution in [-0.4, -0.2) is 54.3 Å². The summed E-state index contributed by atoms with van der Waals surface area (Å²) in [5.74, 6) is 0.897. The second kappa shape index (κ2) is 8.50. The van der Waals surface area contributed by atoms with Gasteiger partial charge in [-0.05, 0) is 55.1 Å². The number of β-amino-alcohol motifs (C(OH)–C–C–N with tert-alkyl or cyclic N) is 1. The molecule has 5 heteroatoms. The van der Waals surface area contributed by atoms with Crippen molar-refractivity contribution in [2.45, 2.75) is 25.9 Å². The zero-order valence-electron chi connectivity index (χ0n) is 15.5. The van der Waals surface area contributed by atoms with Crippen LogP contribution in [0, 0.1) is 0 Å². The average molecular weight is 358 g/mol. The number of hydrogen-bond acceptors (Lipinski definition) is 4. The molecule has 0 spiro atoms. The second-order valence-corrected chi connectivity index (χ2v) is 7.35. The number of nitrogens with zero attached hydrogens (tertiary/aromatic N) is 3. The number of allylic oxidation sites excluding steroid dienone is 7. The molecular formula is C20H27N3OS. The van der Waals surface area contributed by atoms with Crippen LogP contribution in [0.25, 0.3) is 0 Å². The van der Waals surface area contributed by atoms with Crippen molar-refractivity contribution in [3.63, 3.8) is 0 Å². The largest absolute Gasteiger partial charge is 0.388 e. The normalized spacial score (nSPS) is 28.0. The maximum atomic E-state index is 10.3. The summed E-state index contributed by atoms with van der Waals surface area (Å²) in [6.45, 7) is 9.14. The van der Waals surface area contributed by atoms with Crippen LogP contribution < -0.4 is 0 Å². The molecule has 134 valence electrons. The first-order valence-corrected chi connectivity index (χ1v) is 9.29. The summed E-state index contributed by atoms with van der Waals surface area (Å²) in [5, 5.41) is 12.1. The maximum Gasteiger partial charge on any atom is 0.137 e. The number of rotatable bonds is 4. The standard InChI is InChI=1S/C20H27N3OS/c1-6-16-12-15(8-9-17(16)21-4)13-18(25-7-2)19(22-5)23-11-10-20(3,24)14-23/h6-9,12-13,24H,2,10-11,14H2,1,3-5H3/b16-6-,18-13-,21-17?,22-19?. The van der Waals surface area contributed by atoms with Crippen LogP contribution >= 0.6 is 11.8 Å². The van der Waals surface area contributed by atoms with Crippen molar-refractivity contribution in [1.82, 2.24) is 4.90 Å². The summed E-state index contributed by atoms with van der Waals surface area (Å²) in [5.41, 5.74) is 2.53. The first-order chi connectivity index (χ1) is 11.9. The van der Waals surface area contributed by atoms with E-state index < -0.39 is 5.60 Å². The minimum Gasteiger partial charge on any atom is -0.388 e. The Morgan fingerprint density at radius 2 is 2.16 bits per heavy atom. The van der Waals surface area contributed by atoms with E-state index in [4.69, 9.17) is 0 Å². The van der Waals surface area contributed by atoms with E-state index in [2.05, 4.69) is 45.8 Å². The molecule has 2 rings (SSSR count). The molecule has 1 aliphatic heterocycles. The molecule has 0 amide bonds. The Bertz CT molecular complexity index is 708. The molecule has 0 aromatic heterocycles. The van der Waals surface area contributed by atoms with E-state index in [0.717, 1.165) is 40.6 Å². The Kier molecular flexibility index (Phi) is 6.62. The van der Waals surface area contributed by atoms with Crippen LogP contribution in [0.15, 0.2) is 68.4 Å². The summed E-state index contributed by atoms with van der Waals surface area (Å²) in [7, 11) is 3.60. The summed E-state index contributed by atoms with van der Waals surface area (Å²) in [6.07, 6.45) is 11.1. The Balaban J connectivity index is 2.34. The SMILES string of the molecule is C=CS/C(=C\C1=CC(=C/C)/C(=NC)C=C1)C(=NC)N1CCC(C)(O)C1. The van der Waals surface area contributed by atoms with Gasteiger partial charge in [-0.1, -0.05) is 30.5 Å². The van der Waals surface area contributed by atoms with Crippen molar-refractivity contribution < 1.29 is 5.11 Å². The van der Waals surface area contributed by atoms with Gasteiger partial charge < -0.3 is 10.0 Å². The van der Waals surface area contributed by atoms with Crippen LogP contribution in [0.5, 0.6) is 0 Å². The highest BCUT2D eigenvalue weighted by Gasteiger charge is 2.33. The fourth-order valence-corrected chi connectivity index (χ4v) is 3.73. The van der Waals surface area contributed by atoms with Gasteiger partial charge >= 0.3 is 0 Å². The van der Waals surface area contributed by atoms with Crippen molar-refractivity contribution in [1.29, 1.82) is 0 Å². The number of hydrogen-bond donors (Lipinski definition) is 1. The van der Waals surface area contributed by atoms with Gasteiger partial charge in [0, 0.05) is 27.2 Å². The number of thioether (sulfide) groups is 1. The van der Waals surface area contributed by atoms with Crippen molar-refractivity contribution in [3.05, 3.63) is 58.4 Å². The molecule has 1 saturated heterocycles. The molecule has 4 nitrogen and oxygen atoms in total. The molecule has 0 aromatic carbocycles. The van der Waals surface area contributed by atoms with E-state index in [0.29, 0.717) is 6.54 Å². The smallest absolute Gasteiger partial charge is 0.137 e. The lowest BCUT2D eigenvalue weighted by molar-refractivity contribution is 0.0754. The van der Waals surface area contributed by atoms with Crippen LogP contribution in [-0.2, 0) is 0 Å². The van der Waals surface area contributed by atoms with E-state index in [-0.39, 0.29) is 0 Å². The Hall–Kier alpha value is -1.85. The summed E-state index contributed by atoms with van der Waals surface area (Å²) in [4.78, 5) is 12.0. The Morgan fingerprint density at radius 3 is 2.68 bits per heavy atom. The van der Waals surface area contributed by atoms with Crippen LogP contribution in [0.2, 0.25) is 0 Å². The lowest BCUT2D eigenvalue weighted by atomic mass is 9.99. The number of aliphatic hydroxyl groups is 1. The third-order valence-electron chi connectivity index (χ3n) is 4.30. The van der Waals surface area contributed by atoms with Gasteiger partial charge in [0.25, 0.3) is 0 Å². The van der Waals surface area contributed by atoms with Gasteiger partial charge in [0.2, 0.25) is 0 Å². The van der Waals surface area contributed by atoms with Gasteiger partial charge in [-0.25, -0.2) is 0 Å². The highest BCUT2D eigenvalue weighted by molar-refractivity contribution is 8.06. The third-order valence-corrected chi connectivity index (χ3v) is 5.02. The molecule has 0 aromatic rings. The summed E-state index contributed by atoms with van der Waals surface area (Å²) >= 11 is 1.55. The average Bonchev–Trinajstić information content (AvgIpc) is 2.95. The van der Waals surface area contributed by atoms with E-state index in [1.54, 1.807) is 25.9 Å². The molecule has 1 heterocycles. The van der Waals surface area contributed by atoms with Crippen molar-refractivity contribution in [3.8, 4) is 0 Å². The van der Waals surface area contributed by atoms with Crippen molar-refractivity contribution >= 4 is 23.3 Å². The predicted octanol–water partition coefficient (Wildman–Crippen LogP) is 3.75. The zero-order chi connectivity index (χ0) is 18.4. The third kappa shape index (κ3) is 4.83. The highest BCUT2D eigenvalue weighted by Crippen LogP contribution is 2.29. The molecule has 0 saturated carbocycles. The molecule has 1 atom stereocenters. The van der Waals surface area contributed by atoms with Gasteiger partial charge in [0.05, 0.1) is 16.2 Å². The highest BCUT2D eigenvalue weighted by atomic mass is 32.2. The molecule has 0 radical (unpaired) electrons. The topological polar surface area (TPSA) is 48.2 Å². The number of aliphatic imine (C=N–C) groups is 2. The van der Waals surface area contributed by atoms with E-state index in [1.807, 2.05) is 25.3 Å². The molecule has 1 aliphatic carbocycles. The Morgan fingerprint density at radius 1 is 1.40 bits per heavy atom. The fourth-order valence-electron chi connectivity index (χ4n) is 3.02. The number of likely N-dealkylation sites (tertiary alicyclic amines) is 1. The lowest BCUT2D eigenvalue weighted by Gasteiger charge is -2.23. The van der Waals surface area contributed by atoms with E-state index in [9.17, 15) is 5.11 Å². The summed E-state index contributed by atoms with van der Waals surface area (Å²) < 4.78 is 0. The molecule has 1 unspecified atom stereocenters. The van der Waals surface area contributed by atoms with Gasteiger partial charge in [-0.3, -0.25) is 9.98 Å². The van der Waals surface area contributed by atoms with E-state index in [1.165, 1.54) is 0 Å². The van der Waals surface area contributed by atoms with Crippen LogP contribution in [0.3, 0.4) is 0 Å². The fraction of sp³-hybridized carbons (Fsp3) is 0.400. The maximum absolute atomic E-state index is 10.3. The molecule has 1 fully saturated rings. The first-order valence-electron chi connectivity index (χ1n) is 8.41. The molecule has 0 bridgehead atoms. The second-order valence-electron chi connectivity index (χ2n) is 6.34. The lowest BCUT2D eigenvalue weighted by Crippen LogP contribution is -2.34. The number of amidine groups is 1. The summed E-state index contributed by atoms with van der Waals surface area (Å²) in [6, 6.07) is 0. The van der Waals surface area contributed by atoms with Crippen molar-refractivity contribution in [2.24, 2.45) is 9.98 Å². The van der Waals surface area contributed by atoms with Crippen molar-refractivity contribution in [2.75, 3.05) is 27.2 Å². The molecule has 1 N–H and O–H groups in total. The van der Waals surface area contributed by atoms with Gasteiger partial charge in [-0.2, -0.15) is 0 Å². The van der Waals surface area contributed by atoms with Crippen LogP contribution in [0.4, 0.5) is 0 Å². The predicted molar refractivity (Wildman–Crippen MR) is 110 cm³/mol. The molecule has 2 aliphatic rings. The van der Waals surface area contributed by atoms with Gasteiger partial charge in [0.15, 0.2) is 0 Å². The first kappa shape index (κ1) is 19.5. The minimum absolute atomic E-state index is 0.594. The quantitative estimate of drug-likeness (QED) is 0.616.